The van der Waals surface area contributed by atoms with Crippen LogP contribution in [-0.2, 0) is 11.2 Å². The molecule has 0 aliphatic rings. The second-order valence-corrected chi connectivity index (χ2v) is 6.38. The van der Waals surface area contributed by atoms with Gasteiger partial charge in [0, 0.05) is 24.6 Å². The first-order valence-electron chi connectivity index (χ1n) is 9.37. The molecule has 2 rings (SSSR count). The van der Waals surface area contributed by atoms with Gasteiger partial charge >= 0.3 is 0 Å². The summed E-state index contributed by atoms with van der Waals surface area (Å²) in [5, 5.41) is 2.74. The number of carbonyl (C=O) groups excluding carboxylic acids is 2. The van der Waals surface area contributed by atoms with Gasteiger partial charge in [0.05, 0.1) is 28.4 Å². The standard InChI is InChI=1S/C23H27NO6/c1-15(25)24-12-11-17-13-21(28-3)22(29-4)14-18(17)19(26)10-9-16-7-6-8-20(27-2)23(16)30-5/h6-10,13-14H,11-12H2,1-5H3,(H,24,25)/b10-9+. The van der Waals surface area contributed by atoms with E-state index >= 15 is 0 Å². The number of rotatable bonds is 10. The Labute approximate surface area is 176 Å². The summed E-state index contributed by atoms with van der Waals surface area (Å²) in [5.74, 6) is 1.75. The number of hydrogen-bond donors (Lipinski definition) is 1. The Balaban J connectivity index is 2.39. The van der Waals surface area contributed by atoms with Crippen molar-refractivity contribution in [2.75, 3.05) is 35.0 Å². The molecule has 7 nitrogen and oxygen atoms in total. The molecule has 1 N–H and O–H groups in total. The lowest BCUT2D eigenvalue weighted by molar-refractivity contribution is -0.118. The summed E-state index contributed by atoms with van der Waals surface area (Å²) in [6.45, 7) is 1.85. The molecule has 0 saturated heterocycles. The Bertz CT molecular complexity index is 936. The first-order chi connectivity index (χ1) is 14.4. The molecule has 0 fully saturated rings. The van der Waals surface area contributed by atoms with Gasteiger partial charge in [-0.25, -0.2) is 0 Å². The minimum absolute atomic E-state index is 0.131. The van der Waals surface area contributed by atoms with Gasteiger partial charge in [-0.3, -0.25) is 9.59 Å². The van der Waals surface area contributed by atoms with E-state index in [2.05, 4.69) is 5.32 Å². The maximum Gasteiger partial charge on any atom is 0.216 e. The van der Waals surface area contributed by atoms with E-state index in [-0.39, 0.29) is 11.7 Å². The summed E-state index contributed by atoms with van der Waals surface area (Å²) in [7, 11) is 6.15. The molecular formula is C23H27NO6. The van der Waals surface area contributed by atoms with E-state index in [1.54, 1.807) is 38.5 Å². The number of allylic oxidation sites excluding steroid dienone is 1. The predicted octanol–water partition coefficient (Wildman–Crippen LogP) is 3.30. The quantitative estimate of drug-likeness (QED) is 0.475. The van der Waals surface area contributed by atoms with Crippen LogP contribution in [0.2, 0.25) is 0 Å². The number of carbonyl (C=O) groups is 2. The molecular weight excluding hydrogens is 386 g/mol. The van der Waals surface area contributed by atoms with Gasteiger partial charge in [-0.2, -0.15) is 0 Å². The predicted molar refractivity (Wildman–Crippen MR) is 115 cm³/mol. The Morgan fingerprint density at radius 2 is 1.60 bits per heavy atom. The van der Waals surface area contributed by atoms with Gasteiger partial charge in [-0.1, -0.05) is 12.1 Å². The number of methoxy groups -OCH3 is 4. The van der Waals surface area contributed by atoms with Crippen LogP contribution in [0.1, 0.15) is 28.4 Å². The smallest absolute Gasteiger partial charge is 0.216 e. The third-order valence-corrected chi connectivity index (χ3v) is 4.49. The molecule has 30 heavy (non-hydrogen) atoms. The van der Waals surface area contributed by atoms with E-state index < -0.39 is 0 Å². The number of hydrogen-bond acceptors (Lipinski definition) is 6. The highest BCUT2D eigenvalue weighted by Gasteiger charge is 2.16. The fourth-order valence-corrected chi connectivity index (χ4v) is 3.03. The molecule has 0 radical (unpaired) electrons. The number of ether oxygens (including phenoxy) is 4. The van der Waals surface area contributed by atoms with Crippen LogP contribution in [0.3, 0.4) is 0 Å². The molecule has 0 unspecified atom stereocenters. The van der Waals surface area contributed by atoms with Gasteiger partial charge in [0.1, 0.15) is 0 Å². The summed E-state index contributed by atoms with van der Waals surface area (Å²) in [6.07, 6.45) is 3.62. The van der Waals surface area contributed by atoms with Gasteiger partial charge in [-0.05, 0) is 42.3 Å². The zero-order valence-electron chi connectivity index (χ0n) is 17.9. The Kier molecular flexibility index (Phi) is 8.29. The zero-order valence-corrected chi connectivity index (χ0v) is 17.9. The van der Waals surface area contributed by atoms with Crippen molar-refractivity contribution in [3.8, 4) is 23.0 Å². The highest BCUT2D eigenvalue weighted by atomic mass is 16.5. The van der Waals surface area contributed by atoms with E-state index in [0.29, 0.717) is 47.1 Å². The van der Waals surface area contributed by atoms with Crippen molar-refractivity contribution in [1.29, 1.82) is 0 Å². The van der Waals surface area contributed by atoms with Crippen molar-refractivity contribution in [3.05, 3.63) is 53.1 Å². The average molecular weight is 413 g/mol. The topological polar surface area (TPSA) is 83.1 Å². The second-order valence-electron chi connectivity index (χ2n) is 6.38. The van der Waals surface area contributed by atoms with E-state index in [1.807, 2.05) is 12.1 Å². The van der Waals surface area contributed by atoms with Crippen molar-refractivity contribution in [2.24, 2.45) is 0 Å². The SMILES string of the molecule is COc1cc(CCNC(C)=O)c(C(=O)/C=C/c2cccc(OC)c2OC)cc1OC. The first-order valence-corrected chi connectivity index (χ1v) is 9.37. The van der Waals surface area contributed by atoms with E-state index in [0.717, 1.165) is 5.56 Å². The van der Waals surface area contributed by atoms with Crippen molar-refractivity contribution in [2.45, 2.75) is 13.3 Å². The van der Waals surface area contributed by atoms with Crippen LogP contribution < -0.4 is 24.3 Å². The second kappa shape index (κ2) is 10.9. The van der Waals surface area contributed by atoms with Crippen LogP contribution in [0.5, 0.6) is 23.0 Å². The third-order valence-electron chi connectivity index (χ3n) is 4.49. The summed E-state index contributed by atoms with van der Waals surface area (Å²) in [6, 6.07) is 8.84. The van der Waals surface area contributed by atoms with Crippen molar-refractivity contribution in [3.63, 3.8) is 0 Å². The molecule has 0 spiro atoms. The van der Waals surface area contributed by atoms with E-state index in [1.165, 1.54) is 27.2 Å². The molecule has 2 aromatic carbocycles. The number of ketones is 1. The maximum absolute atomic E-state index is 13.0. The Morgan fingerprint density at radius 3 is 2.20 bits per heavy atom. The van der Waals surface area contributed by atoms with Crippen molar-refractivity contribution < 1.29 is 28.5 Å². The fourth-order valence-electron chi connectivity index (χ4n) is 3.03. The van der Waals surface area contributed by atoms with Gasteiger partial charge in [0.15, 0.2) is 28.8 Å². The van der Waals surface area contributed by atoms with Crippen molar-refractivity contribution >= 4 is 17.8 Å². The molecule has 0 heterocycles. The Morgan fingerprint density at radius 1 is 0.933 bits per heavy atom. The Hall–Kier alpha value is -3.48. The third kappa shape index (κ3) is 5.53. The maximum atomic E-state index is 13.0. The molecule has 0 saturated carbocycles. The van der Waals surface area contributed by atoms with Crippen LogP contribution >= 0.6 is 0 Å². The monoisotopic (exact) mass is 413 g/mol. The van der Waals surface area contributed by atoms with Gasteiger partial charge in [0.25, 0.3) is 0 Å². The molecule has 0 aliphatic heterocycles. The van der Waals surface area contributed by atoms with Crippen LogP contribution in [0, 0.1) is 0 Å². The summed E-state index contributed by atoms with van der Waals surface area (Å²) >= 11 is 0. The van der Waals surface area contributed by atoms with Crippen LogP contribution in [-0.4, -0.2) is 46.7 Å². The molecule has 0 atom stereocenters. The molecule has 160 valence electrons. The lowest BCUT2D eigenvalue weighted by Gasteiger charge is -2.14. The lowest BCUT2D eigenvalue weighted by atomic mass is 9.98. The summed E-state index contributed by atoms with van der Waals surface area (Å²) < 4.78 is 21.4. The first kappa shape index (κ1) is 22.8. The van der Waals surface area contributed by atoms with Crippen LogP contribution in [0.15, 0.2) is 36.4 Å². The van der Waals surface area contributed by atoms with Gasteiger partial charge < -0.3 is 24.3 Å². The highest BCUT2D eigenvalue weighted by molar-refractivity contribution is 6.08. The average Bonchev–Trinajstić information content (AvgIpc) is 2.76. The number of amides is 1. The van der Waals surface area contributed by atoms with Crippen molar-refractivity contribution in [1.82, 2.24) is 5.32 Å². The highest BCUT2D eigenvalue weighted by Crippen LogP contribution is 2.33. The minimum atomic E-state index is -0.210. The number of nitrogens with one attached hydrogen (secondary N) is 1. The molecule has 0 aliphatic carbocycles. The largest absolute Gasteiger partial charge is 0.493 e. The number of benzene rings is 2. The molecule has 0 aromatic heterocycles. The zero-order chi connectivity index (χ0) is 22.1. The van der Waals surface area contributed by atoms with E-state index in [4.69, 9.17) is 18.9 Å². The van der Waals surface area contributed by atoms with Crippen LogP contribution in [0.25, 0.3) is 6.08 Å². The molecule has 7 heteroatoms. The summed E-state index contributed by atoms with van der Waals surface area (Å²) in [4.78, 5) is 24.2. The normalized spacial score (nSPS) is 10.6. The molecule has 0 bridgehead atoms. The van der Waals surface area contributed by atoms with Crippen LogP contribution in [0.4, 0.5) is 0 Å². The van der Waals surface area contributed by atoms with Gasteiger partial charge in [-0.15, -0.1) is 0 Å². The fraction of sp³-hybridized carbons (Fsp3) is 0.304. The minimum Gasteiger partial charge on any atom is -0.493 e. The van der Waals surface area contributed by atoms with E-state index in [9.17, 15) is 9.59 Å². The number of para-hydroxylation sites is 1. The molecule has 1 amide bonds. The van der Waals surface area contributed by atoms with Gasteiger partial charge in [0.2, 0.25) is 5.91 Å². The lowest BCUT2D eigenvalue weighted by Crippen LogP contribution is -2.23. The summed E-state index contributed by atoms with van der Waals surface area (Å²) in [5.41, 5.74) is 1.93. The molecule has 2 aromatic rings.